The molecule has 0 spiro atoms. The molecule has 0 aromatic rings. The van der Waals surface area contributed by atoms with Gasteiger partial charge in [-0.25, -0.2) is 0 Å². The SMILES string of the molecule is CC1(C)CCN(CCCCC(C)(C)C(=O)O)CC1. The minimum absolute atomic E-state index is 0.516. The Morgan fingerprint density at radius 1 is 1.22 bits per heavy atom. The Kier molecular flexibility index (Phi) is 5.20. The number of piperidine rings is 1. The molecule has 0 aromatic carbocycles. The molecule has 0 radical (unpaired) electrons. The highest BCUT2D eigenvalue weighted by Crippen LogP contribution is 2.30. The second kappa shape index (κ2) is 6.05. The van der Waals surface area contributed by atoms with Crippen LogP contribution in [0.5, 0.6) is 0 Å². The first-order valence-electron chi connectivity index (χ1n) is 7.19. The van der Waals surface area contributed by atoms with Crippen LogP contribution in [-0.4, -0.2) is 35.6 Å². The van der Waals surface area contributed by atoms with Gasteiger partial charge in [0.05, 0.1) is 5.41 Å². The first kappa shape index (κ1) is 15.5. The van der Waals surface area contributed by atoms with Crippen LogP contribution in [0, 0.1) is 10.8 Å². The van der Waals surface area contributed by atoms with Crippen molar-refractivity contribution in [2.24, 2.45) is 10.8 Å². The highest BCUT2D eigenvalue weighted by molar-refractivity contribution is 5.73. The Morgan fingerprint density at radius 2 is 1.78 bits per heavy atom. The molecule has 3 heteroatoms. The van der Waals surface area contributed by atoms with E-state index in [1.807, 2.05) is 13.8 Å². The van der Waals surface area contributed by atoms with Gasteiger partial charge in [-0.15, -0.1) is 0 Å². The molecule has 1 aliphatic heterocycles. The fourth-order valence-electron chi connectivity index (χ4n) is 2.39. The first-order chi connectivity index (χ1) is 8.23. The van der Waals surface area contributed by atoms with E-state index in [0.29, 0.717) is 5.41 Å². The average Bonchev–Trinajstić information content (AvgIpc) is 2.26. The van der Waals surface area contributed by atoms with E-state index in [9.17, 15) is 4.79 Å². The fourth-order valence-corrected chi connectivity index (χ4v) is 2.39. The molecule has 106 valence electrons. The summed E-state index contributed by atoms with van der Waals surface area (Å²) in [7, 11) is 0. The van der Waals surface area contributed by atoms with Crippen LogP contribution in [0.3, 0.4) is 0 Å². The van der Waals surface area contributed by atoms with Crippen molar-refractivity contribution in [3.63, 3.8) is 0 Å². The second-order valence-corrected chi connectivity index (χ2v) is 7.15. The maximum atomic E-state index is 11.0. The normalized spacial score (nSPS) is 20.9. The van der Waals surface area contributed by atoms with Crippen molar-refractivity contribution in [1.29, 1.82) is 0 Å². The highest BCUT2D eigenvalue weighted by atomic mass is 16.4. The summed E-state index contributed by atoms with van der Waals surface area (Å²) in [5.74, 6) is -0.678. The summed E-state index contributed by atoms with van der Waals surface area (Å²) in [5.41, 5.74) is -0.0499. The second-order valence-electron chi connectivity index (χ2n) is 7.15. The molecule has 18 heavy (non-hydrogen) atoms. The Labute approximate surface area is 112 Å². The quantitative estimate of drug-likeness (QED) is 0.740. The number of carboxylic acid groups (broad SMARTS) is 1. The van der Waals surface area contributed by atoms with Gasteiger partial charge in [0.1, 0.15) is 0 Å². The summed E-state index contributed by atoms with van der Waals surface area (Å²) in [6.45, 7) is 11.9. The standard InChI is InChI=1S/C15H29NO2/c1-14(2)8-11-16(12-9-14)10-6-5-7-15(3,4)13(17)18/h5-12H2,1-4H3,(H,17,18). The molecule has 1 fully saturated rings. The van der Waals surface area contributed by atoms with E-state index in [4.69, 9.17) is 5.11 Å². The van der Waals surface area contributed by atoms with Crippen molar-refractivity contribution in [3.8, 4) is 0 Å². The van der Waals surface area contributed by atoms with Gasteiger partial charge in [-0.05, 0) is 64.6 Å². The number of rotatable bonds is 6. The van der Waals surface area contributed by atoms with Crippen LogP contribution in [0.4, 0.5) is 0 Å². The minimum atomic E-state index is -0.678. The van der Waals surface area contributed by atoms with Gasteiger partial charge in [-0.1, -0.05) is 20.3 Å². The van der Waals surface area contributed by atoms with Crippen LogP contribution >= 0.6 is 0 Å². The third-order valence-corrected chi connectivity index (χ3v) is 4.31. The third kappa shape index (κ3) is 4.97. The number of aliphatic carboxylic acids is 1. The van der Waals surface area contributed by atoms with Crippen molar-refractivity contribution in [2.75, 3.05) is 19.6 Å². The summed E-state index contributed by atoms with van der Waals surface area (Å²) >= 11 is 0. The monoisotopic (exact) mass is 255 g/mol. The van der Waals surface area contributed by atoms with E-state index < -0.39 is 11.4 Å². The van der Waals surface area contributed by atoms with Crippen molar-refractivity contribution in [3.05, 3.63) is 0 Å². The number of carbonyl (C=O) groups is 1. The molecule has 0 saturated carbocycles. The van der Waals surface area contributed by atoms with Crippen LogP contribution in [0.15, 0.2) is 0 Å². The summed E-state index contributed by atoms with van der Waals surface area (Å²) in [5, 5.41) is 9.04. The van der Waals surface area contributed by atoms with Gasteiger partial charge >= 0.3 is 5.97 Å². The predicted octanol–water partition coefficient (Wildman–Crippen LogP) is 3.39. The zero-order chi connectivity index (χ0) is 13.8. The number of hydrogen-bond acceptors (Lipinski definition) is 2. The number of nitrogens with zero attached hydrogens (tertiary/aromatic N) is 1. The lowest BCUT2D eigenvalue weighted by atomic mass is 9.82. The number of hydrogen-bond donors (Lipinski definition) is 1. The van der Waals surface area contributed by atoms with Gasteiger partial charge < -0.3 is 10.0 Å². The lowest BCUT2D eigenvalue weighted by Gasteiger charge is -2.37. The Bertz CT molecular complexity index is 274. The Balaban J connectivity index is 2.14. The molecule has 0 unspecified atom stereocenters. The molecule has 1 aliphatic rings. The van der Waals surface area contributed by atoms with E-state index in [2.05, 4.69) is 18.7 Å². The molecule has 1 saturated heterocycles. The molecule has 1 heterocycles. The maximum absolute atomic E-state index is 11.0. The van der Waals surface area contributed by atoms with Gasteiger partial charge in [0.15, 0.2) is 0 Å². The Morgan fingerprint density at radius 3 is 2.28 bits per heavy atom. The maximum Gasteiger partial charge on any atom is 0.309 e. The van der Waals surface area contributed by atoms with Gasteiger partial charge in [-0.3, -0.25) is 4.79 Å². The number of carboxylic acids is 1. The summed E-state index contributed by atoms with van der Waals surface area (Å²) in [4.78, 5) is 13.5. The largest absolute Gasteiger partial charge is 0.481 e. The minimum Gasteiger partial charge on any atom is -0.481 e. The van der Waals surface area contributed by atoms with E-state index in [1.54, 1.807) is 0 Å². The molecule has 1 rings (SSSR count). The molecule has 1 N–H and O–H groups in total. The molecule has 0 bridgehead atoms. The van der Waals surface area contributed by atoms with Crippen LogP contribution in [-0.2, 0) is 4.79 Å². The molecule has 0 aliphatic carbocycles. The topological polar surface area (TPSA) is 40.5 Å². The van der Waals surface area contributed by atoms with Gasteiger partial charge in [0.2, 0.25) is 0 Å². The van der Waals surface area contributed by atoms with Crippen molar-refractivity contribution < 1.29 is 9.90 Å². The number of unbranched alkanes of at least 4 members (excludes halogenated alkanes) is 1. The average molecular weight is 255 g/mol. The molecule has 0 atom stereocenters. The van der Waals surface area contributed by atoms with Crippen molar-refractivity contribution in [2.45, 2.75) is 59.8 Å². The van der Waals surface area contributed by atoms with Crippen LogP contribution < -0.4 is 0 Å². The Hall–Kier alpha value is -0.570. The van der Waals surface area contributed by atoms with Gasteiger partial charge in [-0.2, -0.15) is 0 Å². The first-order valence-corrected chi connectivity index (χ1v) is 7.19. The van der Waals surface area contributed by atoms with E-state index in [1.165, 1.54) is 25.9 Å². The summed E-state index contributed by atoms with van der Waals surface area (Å²) in [6, 6.07) is 0. The summed E-state index contributed by atoms with van der Waals surface area (Å²) < 4.78 is 0. The van der Waals surface area contributed by atoms with E-state index >= 15 is 0 Å². The molecule has 0 amide bonds. The van der Waals surface area contributed by atoms with Crippen molar-refractivity contribution in [1.82, 2.24) is 4.90 Å². The van der Waals surface area contributed by atoms with Crippen LogP contribution in [0.2, 0.25) is 0 Å². The molecular weight excluding hydrogens is 226 g/mol. The lowest BCUT2D eigenvalue weighted by molar-refractivity contribution is -0.147. The van der Waals surface area contributed by atoms with Crippen LogP contribution in [0.25, 0.3) is 0 Å². The predicted molar refractivity (Wildman–Crippen MR) is 74.7 cm³/mol. The van der Waals surface area contributed by atoms with Crippen LogP contribution in [0.1, 0.15) is 59.8 Å². The van der Waals surface area contributed by atoms with E-state index in [-0.39, 0.29) is 0 Å². The van der Waals surface area contributed by atoms with Gasteiger partial charge in [0.25, 0.3) is 0 Å². The van der Waals surface area contributed by atoms with Gasteiger partial charge in [0, 0.05) is 0 Å². The smallest absolute Gasteiger partial charge is 0.309 e. The highest BCUT2D eigenvalue weighted by Gasteiger charge is 2.27. The third-order valence-electron chi connectivity index (χ3n) is 4.31. The molecule has 0 aromatic heterocycles. The molecular formula is C15H29NO2. The molecule has 3 nitrogen and oxygen atoms in total. The van der Waals surface area contributed by atoms with E-state index in [0.717, 1.165) is 25.8 Å². The zero-order valence-electron chi connectivity index (χ0n) is 12.5. The lowest BCUT2D eigenvalue weighted by Crippen LogP contribution is -2.37. The zero-order valence-corrected chi connectivity index (χ0v) is 12.5. The van der Waals surface area contributed by atoms with Crippen molar-refractivity contribution >= 4 is 5.97 Å². The fraction of sp³-hybridized carbons (Fsp3) is 0.933. The summed E-state index contributed by atoms with van der Waals surface area (Å²) in [6.07, 6.45) is 5.49. The number of likely N-dealkylation sites (tertiary alicyclic amines) is 1.